The van der Waals surface area contributed by atoms with E-state index >= 15 is 0 Å². The first-order valence-electron chi connectivity index (χ1n) is 3.23. The first kappa shape index (κ1) is 15.0. The van der Waals surface area contributed by atoms with Gasteiger partial charge in [-0.1, -0.05) is 15.9 Å². The van der Waals surface area contributed by atoms with Crippen molar-refractivity contribution in [1.29, 1.82) is 0 Å². The van der Waals surface area contributed by atoms with E-state index < -0.39 is 25.6 Å². The number of nitro groups is 1. The number of hydrogen-bond donors (Lipinski definition) is 1. The van der Waals surface area contributed by atoms with Crippen LogP contribution in [0.15, 0.2) is 27.6 Å². The maximum Gasteiger partial charge on any atom is 1.00 e. The van der Waals surface area contributed by atoms with Crippen molar-refractivity contribution in [2.75, 3.05) is 0 Å². The molecule has 0 aliphatic carbocycles. The Labute approximate surface area is 117 Å². The van der Waals surface area contributed by atoms with Gasteiger partial charge in [0.05, 0.1) is 4.92 Å². The number of nitro benzene ring substituents is 1. The molecule has 15 heavy (non-hydrogen) atoms. The molecule has 6 nitrogen and oxygen atoms in total. The normalized spacial score (nSPS) is 10.5. The summed E-state index contributed by atoms with van der Waals surface area (Å²) in [5.74, 6) is 0. The molecule has 0 aliphatic heterocycles. The minimum atomic E-state index is -4.42. The number of rotatable bonds is 2. The first-order chi connectivity index (χ1) is 6.30. The molecule has 0 bridgehead atoms. The van der Waals surface area contributed by atoms with E-state index in [0.29, 0.717) is 0 Å². The molecule has 0 aliphatic rings. The van der Waals surface area contributed by atoms with Gasteiger partial charge in [-0.25, -0.2) is 0 Å². The van der Waals surface area contributed by atoms with E-state index in [-0.39, 0.29) is 35.5 Å². The Morgan fingerprint density at radius 3 is 2.33 bits per heavy atom. The molecule has 1 aromatic carbocycles. The number of halogens is 1. The molecule has 0 heterocycles. The van der Waals surface area contributed by atoms with Crippen LogP contribution in [0.2, 0.25) is 0 Å². The van der Waals surface area contributed by atoms with Gasteiger partial charge in [-0.3, -0.25) is 14.7 Å². The second-order valence-corrected chi connectivity index (χ2v) is 4.71. The summed E-state index contributed by atoms with van der Waals surface area (Å²) in [7, 11) is -4.42. The van der Waals surface area contributed by atoms with E-state index in [9.17, 15) is 18.5 Å². The maximum absolute atomic E-state index is 10.7. The van der Waals surface area contributed by atoms with Crippen LogP contribution < -0.4 is 29.6 Å². The van der Waals surface area contributed by atoms with Gasteiger partial charge in [0.2, 0.25) is 0 Å². The predicted molar refractivity (Wildman–Crippen MR) is 51.7 cm³/mol. The molecule has 0 aromatic heterocycles. The molecule has 0 amide bonds. The standard InChI is InChI=1S/C6H4BrNO5S.Na.H/c7-4-1-5(8(9)10)3-6(2-4)14(11,12)13;;/h1-3H,(H,11,12,13);;/q;+1;-1. The van der Waals surface area contributed by atoms with E-state index in [4.69, 9.17) is 4.55 Å². The molecule has 0 spiro atoms. The Morgan fingerprint density at radius 2 is 1.93 bits per heavy atom. The number of non-ortho nitro benzene ring substituents is 1. The second kappa shape index (κ2) is 5.37. The summed E-state index contributed by atoms with van der Waals surface area (Å²) >= 11 is 2.89. The molecule has 1 rings (SSSR count). The third-order valence-electron chi connectivity index (χ3n) is 1.36. The molecular weight excluding hydrogens is 301 g/mol. The molecule has 0 saturated heterocycles. The summed E-state index contributed by atoms with van der Waals surface area (Å²) in [5.41, 5.74) is -0.410. The molecule has 1 aromatic rings. The van der Waals surface area contributed by atoms with E-state index in [1.807, 2.05) is 0 Å². The summed E-state index contributed by atoms with van der Waals surface area (Å²) in [6, 6.07) is 2.98. The van der Waals surface area contributed by atoms with E-state index in [1.165, 1.54) is 0 Å². The Hall–Kier alpha value is 0.01000. The average Bonchev–Trinajstić information content (AvgIpc) is 2.01. The zero-order valence-electron chi connectivity index (χ0n) is 8.55. The van der Waals surface area contributed by atoms with Gasteiger partial charge >= 0.3 is 29.6 Å². The zero-order chi connectivity index (χ0) is 10.9. The Morgan fingerprint density at radius 1 is 1.40 bits per heavy atom. The predicted octanol–water partition coefficient (Wildman–Crippen LogP) is -1.28. The maximum atomic E-state index is 10.7. The monoisotopic (exact) mass is 305 g/mol. The third-order valence-corrected chi connectivity index (χ3v) is 2.65. The van der Waals surface area contributed by atoms with Crippen LogP contribution in [0.4, 0.5) is 5.69 Å². The van der Waals surface area contributed by atoms with E-state index in [2.05, 4.69) is 15.9 Å². The summed E-state index contributed by atoms with van der Waals surface area (Å²) in [5, 5.41) is 10.3. The van der Waals surface area contributed by atoms with E-state index in [1.54, 1.807) is 0 Å². The van der Waals surface area contributed by atoms with Crippen LogP contribution in [0.5, 0.6) is 0 Å². The molecule has 0 unspecified atom stereocenters. The molecule has 1 N–H and O–H groups in total. The summed E-state index contributed by atoms with van der Waals surface area (Å²) in [6.07, 6.45) is 0. The molecule has 9 heteroatoms. The SMILES string of the molecule is O=[N+]([O-])c1cc(Br)cc(S(=O)(=O)O)c1.[H-].[Na+]. The minimum absolute atomic E-state index is 0. The van der Waals surface area contributed by atoms with Crippen LogP contribution in [0.3, 0.4) is 0 Å². The van der Waals surface area contributed by atoms with Crippen LogP contribution in [-0.4, -0.2) is 17.9 Å². The van der Waals surface area contributed by atoms with Crippen molar-refractivity contribution in [1.82, 2.24) is 0 Å². The fourth-order valence-electron chi connectivity index (χ4n) is 0.802. The van der Waals surface area contributed by atoms with Gasteiger partial charge in [0.25, 0.3) is 15.8 Å². The molecule has 0 saturated carbocycles. The number of benzene rings is 1. The zero-order valence-corrected chi connectivity index (χ0v) is 11.9. The first-order valence-corrected chi connectivity index (χ1v) is 5.46. The van der Waals surface area contributed by atoms with Crippen molar-refractivity contribution < 1.29 is 48.9 Å². The van der Waals surface area contributed by atoms with Gasteiger partial charge in [-0.05, 0) is 6.07 Å². The van der Waals surface area contributed by atoms with Crippen molar-refractivity contribution in [3.63, 3.8) is 0 Å². The van der Waals surface area contributed by atoms with Gasteiger partial charge < -0.3 is 1.43 Å². The fourth-order valence-corrected chi connectivity index (χ4v) is 1.98. The summed E-state index contributed by atoms with van der Waals surface area (Å²) in [4.78, 5) is 9.07. The average molecular weight is 306 g/mol. The third kappa shape index (κ3) is 4.17. The number of nitrogens with zero attached hydrogens (tertiary/aromatic N) is 1. The van der Waals surface area contributed by atoms with Crippen molar-refractivity contribution in [2.45, 2.75) is 4.90 Å². The van der Waals surface area contributed by atoms with Crippen molar-refractivity contribution in [3.8, 4) is 0 Å². The Kier molecular flexibility index (Phi) is 5.38. The largest absolute Gasteiger partial charge is 1.00 e. The smallest absolute Gasteiger partial charge is 1.00 e. The Balaban J connectivity index is 0. The summed E-state index contributed by atoms with van der Waals surface area (Å²) in [6.45, 7) is 0. The fraction of sp³-hybridized carbons (Fsp3) is 0. The van der Waals surface area contributed by atoms with Crippen LogP contribution in [0.25, 0.3) is 0 Å². The molecular formula is C6H5BrNNaO5S. The molecule has 0 atom stereocenters. The van der Waals surface area contributed by atoms with Crippen LogP contribution in [0.1, 0.15) is 1.43 Å². The van der Waals surface area contributed by atoms with Gasteiger partial charge in [0, 0.05) is 16.6 Å². The minimum Gasteiger partial charge on any atom is -1.00 e. The van der Waals surface area contributed by atoms with E-state index in [0.717, 1.165) is 18.2 Å². The molecule has 78 valence electrons. The van der Waals surface area contributed by atoms with Gasteiger partial charge in [0.1, 0.15) is 4.90 Å². The quantitative estimate of drug-likeness (QED) is 0.318. The topological polar surface area (TPSA) is 97.5 Å². The van der Waals surface area contributed by atoms with Gasteiger partial charge in [-0.2, -0.15) is 8.42 Å². The van der Waals surface area contributed by atoms with Gasteiger partial charge in [-0.15, -0.1) is 0 Å². The van der Waals surface area contributed by atoms with Crippen molar-refractivity contribution in [2.24, 2.45) is 0 Å². The van der Waals surface area contributed by atoms with Crippen molar-refractivity contribution in [3.05, 3.63) is 32.8 Å². The molecule has 0 radical (unpaired) electrons. The van der Waals surface area contributed by atoms with Crippen LogP contribution in [-0.2, 0) is 10.1 Å². The van der Waals surface area contributed by atoms with Crippen molar-refractivity contribution >= 4 is 31.7 Å². The van der Waals surface area contributed by atoms with Crippen LogP contribution >= 0.6 is 15.9 Å². The second-order valence-electron chi connectivity index (χ2n) is 2.38. The summed E-state index contributed by atoms with van der Waals surface area (Å²) < 4.78 is 30.2. The number of hydrogen-bond acceptors (Lipinski definition) is 4. The van der Waals surface area contributed by atoms with Gasteiger partial charge in [0.15, 0.2) is 0 Å². The Bertz CT molecular complexity index is 494. The molecule has 0 fully saturated rings. The van der Waals surface area contributed by atoms with Crippen LogP contribution in [0, 0.1) is 10.1 Å².